The summed E-state index contributed by atoms with van der Waals surface area (Å²) >= 11 is 6.05. The zero-order valence-corrected chi connectivity index (χ0v) is 19.7. The van der Waals surface area contributed by atoms with E-state index in [1.165, 1.54) is 5.56 Å². The van der Waals surface area contributed by atoms with Crippen molar-refractivity contribution in [3.05, 3.63) is 81.1 Å². The van der Waals surface area contributed by atoms with Crippen LogP contribution in [0.3, 0.4) is 0 Å². The minimum Gasteiger partial charge on any atom is -0.357 e. The average Bonchev–Trinajstić information content (AvgIpc) is 3.35. The van der Waals surface area contributed by atoms with Crippen molar-refractivity contribution in [3.8, 4) is 0 Å². The molecule has 2 unspecified atom stereocenters. The molecule has 3 aliphatic rings. The number of piperidine rings is 1. The van der Waals surface area contributed by atoms with Gasteiger partial charge in [-0.1, -0.05) is 48.0 Å². The van der Waals surface area contributed by atoms with Crippen molar-refractivity contribution in [1.29, 1.82) is 0 Å². The molecule has 2 saturated heterocycles. The van der Waals surface area contributed by atoms with Crippen molar-refractivity contribution in [2.24, 2.45) is 5.92 Å². The quantitative estimate of drug-likeness (QED) is 0.545. The van der Waals surface area contributed by atoms with Gasteiger partial charge in [-0.05, 0) is 48.9 Å². The highest BCUT2D eigenvalue weighted by atomic mass is 35.5. The Bertz CT molecular complexity index is 1370. The summed E-state index contributed by atoms with van der Waals surface area (Å²) in [5.74, 6) is -0.389. The molecule has 2 N–H and O–H groups in total. The van der Waals surface area contributed by atoms with Crippen molar-refractivity contribution in [2.75, 3.05) is 28.2 Å². The number of H-pyrrole nitrogens is 1. The van der Waals surface area contributed by atoms with E-state index >= 15 is 0 Å². The molecule has 0 radical (unpaired) electrons. The fourth-order valence-corrected chi connectivity index (χ4v) is 5.62. The summed E-state index contributed by atoms with van der Waals surface area (Å²) in [6.07, 6.45) is 3.04. The number of anilines is 3. The van der Waals surface area contributed by atoms with Crippen molar-refractivity contribution >= 4 is 40.9 Å². The number of aromatic amines is 1. The number of fused-ring (bicyclic) bond motifs is 3. The molecular weight excluding hydrogens is 466 g/mol. The summed E-state index contributed by atoms with van der Waals surface area (Å²) in [6, 6.07) is 16.2. The number of amides is 2. The van der Waals surface area contributed by atoms with E-state index in [-0.39, 0.29) is 11.1 Å². The summed E-state index contributed by atoms with van der Waals surface area (Å²) in [4.78, 5) is 50.1. The number of aromatic nitrogens is 2. The van der Waals surface area contributed by atoms with Crippen molar-refractivity contribution in [2.45, 2.75) is 31.2 Å². The zero-order valence-electron chi connectivity index (χ0n) is 18.9. The highest BCUT2D eigenvalue weighted by Gasteiger charge is 2.55. The van der Waals surface area contributed by atoms with Gasteiger partial charge in [-0.25, -0.2) is 4.90 Å². The molecule has 9 heteroatoms. The van der Waals surface area contributed by atoms with Crippen LogP contribution in [-0.2, 0) is 16.0 Å². The molecule has 2 amide bonds. The Hall–Kier alpha value is -3.65. The second-order valence-corrected chi connectivity index (χ2v) is 9.80. The Morgan fingerprint density at radius 1 is 0.971 bits per heavy atom. The molecule has 3 aliphatic heterocycles. The maximum absolute atomic E-state index is 13.2. The van der Waals surface area contributed by atoms with Gasteiger partial charge in [-0.2, -0.15) is 4.98 Å². The van der Waals surface area contributed by atoms with Gasteiger partial charge in [0.2, 0.25) is 11.9 Å². The highest BCUT2D eigenvalue weighted by molar-refractivity contribution is 6.32. The van der Waals surface area contributed by atoms with E-state index in [0.29, 0.717) is 28.4 Å². The number of benzene rings is 2. The van der Waals surface area contributed by atoms with Crippen LogP contribution in [0.2, 0.25) is 5.02 Å². The minimum absolute atomic E-state index is 0.223. The summed E-state index contributed by atoms with van der Waals surface area (Å²) in [7, 11) is 0. The van der Waals surface area contributed by atoms with E-state index in [1.807, 2.05) is 6.07 Å². The van der Waals surface area contributed by atoms with E-state index in [0.717, 1.165) is 37.3 Å². The second-order valence-electron chi connectivity index (χ2n) is 9.36. The Morgan fingerprint density at radius 2 is 1.74 bits per heavy atom. The van der Waals surface area contributed by atoms with Crippen LogP contribution >= 0.6 is 11.6 Å². The maximum atomic E-state index is 13.2. The lowest BCUT2D eigenvalue weighted by Crippen LogP contribution is -2.37. The van der Waals surface area contributed by atoms with Gasteiger partial charge < -0.3 is 10.2 Å². The largest absolute Gasteiger partial charge is 0.357 e. The predicted octanol–water partition coefficient (Wildman–Crippen LogP) is 3.33. The van der Waals surface area contributed by atoms with E-state index in [1.54, 1.807) is 24.3 Å². The maximum Gasteiger partial charge on any atom is 0.258 e. The van der Waals surface area contributed by atoms with E-state index in [2.05, 4.69) is 44.5 Å². The van der Waals surface area contributed by atoms with Crippen LogP contribution in [0.15, 0.2) is 59.4 Å². The third-order valence-electron chi connectivity index (χ3n) is 7.20. The normalized spacial score (nSPS) is 21.7. The first kappa shape index (κ1) is 21.9. The number of hydrogen-bond acceptors (Lipinski definition) is 6. The number of carbonyl (C=O) groups is 2. The summed E-state index contributed by atoms with van der Waals surface area (Å²) in [6.45, 7) is 1.57. The second kappa shape index (κ2) is 8.53. The summed E-state index contributed by atoms with van der Waals surface area (Å²) in [5.41, 5.74) is 1.57. The van der Waals surface area contributed by atoms with Gasteiger partial charge in [-0.3, -0.25) is 19.4 Å². The first-order valence-corrected chi connectivity index (χ1v) is 12.2. The topological polar surface area (TPSA) is 98.4 Å². The van der Waals surface area contributed by atoms with Gasteiger partial charge in [0.05, 0.1) is 11.3 Å². The number of carbonyl (C=O) groups excluding carboxylic acids is 2. The highest BCUT2D eigenvalue weighted by Crippen LogP contribution is 2.41. The van der Waals surface area contributed by atoms with Gasteiger partial charge >= 0.3 is 0 Å². The number of nitrogens with zero attached hydrogens (tertiary/aromatic N) is 3. The average molecular weight is 490 g/mol. The van der Waals surface area contributed by atoms with Gasteiger partial charge in [0.1, 0.15) is 17.8 Å². The number of rotatable bonds is 4. The van der Waals surface area contributed by atoms with Crippen LogP contribution in [0.1, 0.15) is 29.9 Å². The van der Waals surface area contributed by atoms with E-state index < -0.39 is 23.8 Å². The third-order valence-corrected chi connectivity index (χ3v) is 7.43. The lowest BCUT2D eigenvalue weighted by molar-refractivity contribution is -0.121. The molecule has 35 heavy (non-hydrogen) atoms. The SMILES string of the molecule is O=C1C2Nc3nc(N4CCC(Cc5ccccc5)CC4)[nH]c(=O)c3C2C(=O)N1c1cccc(Cl)c1. The number of hydrogen-bond donors (Lipinski definition) is 2. The number of nitrogens with one attached hydrogen (secondary N) is 2. The van der Waals surface area contributed by atoms with Crippen LogP contribution in [-0.4, -0.2) is 40.9 Å². The Morgan fingerprint density at radius 3 is 2.49 bits per heavy atom. The molecule has 3 aromatic rings. The molecule has 0 spiro atoms. The number of halogens is 1. The minimum atomic E-state index is -0.904. The van der Waals surface area contributed by atoms with Crippen LogP contribution in [0.5, 0.6) is 0 Å². The van der Waals surface area contributed by atoms with Crippen molar-refractivity contribution in [3.63, 3.8) is 0 Å². The molecule has 8 nitrogen and oxygen atoms in total. The first-order chi connectivity index (χ1) is 17.0. The van der Waals surface area contributed by atoms with E-state index in [4.69, 9.17) is 11.6 Å². The molecular formula is C26H24ClN5O3. The third kappa shape index (κ3) is 3.78. The fourth-order valence-electron chi connectivity index (χ4n) is 5.44. The smallest absolute Gasteiger partial charge is 0.258 e. The van der Waals surface area contributed by atoms with Gasteiger partial charge in [0.25, 0.3) is 11.5 Å². The molecule has 6 rings (SSSR count). The lowest BCUT2D eigenvalue weighted by Gasteiger charge is -2.32. The Kier molecular flexibility index (Phi) is 5.33. The molecule has 0 saturated carbocycles. The lowest BCUT2D eigenvalue weighted by atomic mass is 9.90. The van der Waals surface area contributed by atoms with Gasteiger partial charge in [0.15, 0.2) is 0 Å². The Balaban J connectivity index is 1.20. The monoisotopic (exact) mass is 489 g/mol. The summed E-state index contributed by atoms with van der Waals surface area (Å²) in [5, 5.41) is 3.47. The van der Waals surface area contributed by atoms with Crippen LogP contribution in [0.25, 0.3) is 0 Å². The van der Waals surface area contributed by atoms with Crippen molar-refractivity contribution in [1.82, 2.24) is 9.97 Å². The molecule has 0 aliphatic carbocycles. The van der Waals surface area contributed by atoms with Gasteiger partial charge in [0, 0.05) is 18.1 Å². The van der Waals surface area contributed by atoms with E-state index in [9.17, 15) is 14.4 Å². The fraction of sp³-hybridized carbons (Fsp3) is 0.308. The molecule has 1 aromatic heterocycles. The zero-order chi connectivity index (χ0) is 24.1. The molecule has 2 aromatic carbocycles. The van der Waals surface area contributed by atoms with Crippen LogP contribution in [0.4, 0.5) is 17.5 Å². The Labute approximate surface area is 206 Å². The van der Waals surface area contributed by atoms with Crippen LogP contribution in [0, 0.1) is 5.92 Å². The molecule has 2 fully saturated rings. The van der Waals surface area contributed by atoms with Crippen molar-refractivity contribution < 1.29 is 9.59 Å². The molecule has 178 valence electrons. The number of imide groups is 1. The van der Waals surface area contributed by atoms with Gasteiger partial charge in [-0.15, -0.1) is 0 Å². The first-order valence-electron chi connectivity index (χ1n) is 11.8. The molecule has 4 heterocycles. The standard InChI is InChI=1S/C26H24ClN5O3/c27-17-7-4-8-18(14-17)32-24(34)19-20-22(28-21(19)25(32)35)29-26(30-23(20)33)31-11-9-16(10-12-31)13-15-5-2-1-3-6-15/h1-8,14,16,19,21H,9-13H2,(H2,28,29,30,33). The summed E-state index contributed by atoms with van der Waals surface area (Å²) < 4.78 is 0. The molecule has 0 bridgehead atoms. The predicted molar refractivity (Wildman–Crippen MR) is 134 cm³/mol. The molecule has 2 atom stereocenters. The van der Waals surface area contributed by atoms with Crippen LogP contribution < -0.4 is 20.7 Å².